The molecule has 0 bridgehead atoms. The summed E-state index contributed by atoms with van der Waals surface area (Å²) in [5.74, 6) is 0. The van der Waals surface area contributed by atoms with Crippen molar-refractivity contribution < 1.29 is 0 Å². The molecule has 49 heavy (non-hydrogen) atoms. The van der Waals surface area contributed by atoms with Gasteiger partial charge in [0.05, 0.1) is 5.52 Å². The van der Waals surface area contributed by atoms with Gasteiger partial charge in [-0.1, -0.05) is 158 Å². The highest BCUT2D eigenvalue weighted by Crippen LogP contribution is 2.46. The maximum Gasteiger partial charge on any atom is 0.0551 e. The van der Waals surface area contributed by atoms with Gasteiger partial charge in [0.15, 0.2) is 0 Å². The van der Waals surface area contributed by atoms with Crippen molar-refractivity contribution >= 4 is 86.4 Å². The fourth-order valence-corrected chi connectivity index (χ4v) is 8.61. The Kier molecular flexibility index (Phi) is 5.45. The largest absolute Gasteiger partial charge is 0.354 e. The molecule has 0 aliphatic carbocycles. The fraction of sp³-hybridized carbons (Fsp3) is 0. The molecule has 0 saturated heterocycles. The van der Waals surface area contributed by atoms with Gasteiger partial charge in [-0.2, -0.15) is 0 Å². The van der Waals surface area contributed by atoms with Gasteiger partial charge in [-0.3, -0.25) is 0 Å². The van der Waals surface area contributed by atoms with Gasteiger partial charge >= 0.3 is 0 Å². The first-order valence-electron chi connectivity index (χ1n) is 17.0. The van der Waals surface area contributed by atoms with Crippen LogP contribution >= 0.6 is 0 Å². The maximum absolute atomic E-state index is 3.89. The molecule has 11 aromatic rings. The number of rotatable bonds is 2. The van der Waals surface area contributed by atoms with E-state index in [4.69, 9.17) is 0 Å². The zero-order chi connectivity index (χ0) is 32.1. The van der Waals surface area contributed by atoms with Crippen LogP contribution in [0.15, 0.2) is 170 Å². The Morgan fingerprint density at radius 2 is 0.735 bits per heavy atom. The van der Waals surface area contributed by atoms with Crippen molar-refractivity contribution in [2.45, 2.75) is 0 Å². The van der Waals surface area contributed by atoms with Crippen LogP contribution in [0.4, 0.5) is 0 Å². The predicted molar refractivity (Wildman–Crippen MR) is 212 cm³/mol. The van der Waals surface area contributed by atoms with Crippen LogP contribution in [0.3, 0.4) is 0 Å². The number of aromatic amines is 1. The molecule has 0 amide bonds. The minimum atomic E-state index is 1.16. The van der Waals surface area contributed by atoms with Gasteiger partial charge < -0.3 is 4.98 Å². The third-order valence-electron chi connectivity index (χ3n) is 10.7. The van der Waals surface area contributed by atoms with Gasteiger partial charge in [-0.15, -0.1) is 0 Å². The first-order chi connectivity index (χ1) is 24.3. The van der Waals surface area contributed by atoms with Crippen LogP contribution < -0.4 is 0 Å². The first kappa shape index (κ1) is 26.6. The summed E-state index contributed by atoms with van der Waals surface area (Å²) in [5, 5.41) is 17.9. The van der Waals surface area contributed by atoms with E-state index in [9.17, 15) is 0 Å². The number of hydrogen-bond acceptors (Lipinski definition) is 0. The zero-order valence-electron chi connectivity index (χ0n) is 26.7. The van der Waals surface area contributed by atoms with Gasteiger partial charge in [0, 0.05) is 21.7 Å². The molecule has 1 nitrogen and oxygen atoms in total. The predicted octanol–water partition coefficient (Wildman–Crippen LogP) is 13.6. The molecular formula is C48H29N. The second-order valence-corrected chi connectivity index (χ2v) is 13.3. The summed E-state index contributed by atoms with van der Waals surface area (Å²) in [5.41, 5.74) is 7.39. The van der Waals surface area contributed by atoms with Crippen LogP contribution in [-0.4, -0.2) is 4.98 Å². The lowest BCUT2D eigenvalue weighted by Gasteiger charge is -2.18. The van der Waals surface area contributed by atoms with Gasteiger partial charge in [-0.05, 0) is 93.6 Å². The van der Waals surface area contributed by atoms with Gasteiger partial charge in [0.25, 0.3) is 0 Å². The average Bonchev–Trinajstić information content (AvgIpc) is 3.56. The van der Waals surface area contributed by atoms with Crippen LogP contribution in [0, 0.1) is 0 Å². The van der Waals surface area contributed by atoms with E-state index in [1.165, 1.54) is 103 Å². The second kappa shape index (κ2) is 10.0. The summed E-state index contributed by atoms with van der Waals surface area (Å²) in [6.07, 6.45) is 0. The van der Waals surface area contributed by atoms with Crippen molar-refractivity contribution in [3.8, 4) is 22.3 Å². The summed E-state index contributed by atoms with van der Waals surface area (Å²) < 4.78 is 0. The molecule has 0 atom stereocenters. The minimum absolute atomic E-state index is 1.16. The van der Waals surface area contributed by atoms with Crippen LogP contribution in [0.1, 0.15) is 0 Å². The molecule has 0 spiro atoms. The average molecular weight is 620 g/mol. The molecule has 0 fully saturated rings. The topological polar surface area (TPSA) is 15.8 Å². The van der Waals surface area contributed by atoms with Gasteiger partial charge in [0.1, 0.15) is 0 Å². The standard InChI is InChI=1S/C48H29N/c1-2-12-33-29(11-1)21-22-30-23-24-31(27-43(30)33)45-37-16-6-8-18-39(37)46(40-19-9-7-17-38(40)45)32-25-26-42-44(28-32)49-48-41-20-10-4-14-35(41)34-13-3-5-15-36(34)47(42)48/h1-28,49H. The lowest BCUT2D eigenvalue weighted by atomic mass is 9.85. The van der Waals surface area contributed by atoms with Crippen molar-refractivity contribution in [2.24, 2.45) is 0 Å². The highest BCUT2D eigenvalue weighted by atomic mass is 14.7. The SMILES string of the molecule is c1ccc2c(c1)ccc1ccc(-c3c4ccccc4c(-c4ccc5c(c4)[nH]c4c6ccccc6c6ccccc6c54)c4ccccc34)cc12. The van der Waals surface area contributed by atoms with Crippen LogP contribution in [0.25, 0.3) is 109 Å². The summed E-state index contributed by atoms with van der Waals surface area (Å²) in [4.78, 5) is 3.89. The Labute approximate surface area is 282 Å². The third kappa shape index (κ3) is 3.76. The van der Waals surface area contributed by atoms with Crippen LogP contribution in [0.5, 0.6) is 0 Å². The van der Waals surface area contributed by atoms with Crippen molar-refractivity contribution in [2.75, 3.05) is 0 Å². The van der Waals surface area contributed by atoms with Crippen molar-refractivity contribution in [1.29, 1.82) is 0 Å². The number of fused-ring (bicyclic) bond motifs is 13. The number of H-pyrrole nitrogens is 1. The lowest BCUT2D eigenvalue weighted by Crippen LogP contribution is -1.91. The molecule has 226 valence electrons. The Bertz CT molecular complexity index is 3100. The Morgan fingerprint density at radius 3 is 1.39 bits per heavy atom. The number of nitrogens with one attached hydrogen (secondary N) is 1. The van der Waals surface area contributed by atoms with E-state index in [0.717, 1.165) is 5.52 Å². The Balaban J connectivity index is 1.21. The number of benzene rings is 10. The monoisotopic (exact) mass is 619 g/mol. The molecule has 10 aromatic carbocycles. The number of hydrogen-bond donors (Lipinski definition) is 1. The van der Waals surface area contributed by atoms with Crippen LogP contribution in [-0.2, 0) is 0 Å². The Morgan fingerprint density at radius 1 is 0.286 bits per heavy atom. The molecule has 1 aromatic heterocycles. The maximum atomic E-state index is 3.89. The highest BCUT2D eigenvalue weighted by molar-refractivity contribution is 6.32. The minimum Gasteiger partial charge on any atom is -0.354 e. The summed E-state index contributed by atoms with van der Waals surface area (Å²) >= 11 is 0. The smallest absolute Gasteiger partial charge is 0.0551 e. The van der Waals surface area contributed by atoms with E-state index in [1.54, 1.807) is 0 Å². The zero-order valence-corrected chi connectivity index (χ0v) is 26.7. The Hall–Kier alpha value is -6.44. The van der Waals surface area contributed by atoms with E-state index >= 15 is 0 Å². The molecule has 0 saturated carbocycles. The summed E-state index contributed by atoms with van der Waals surface area (Å²) in [6, 6.07) is 62.7. The molecule has 0 aliphatic heterocycles. The molecular weight excluding hydrogens is 591 g/mol. The van der Waals surface area contributed by atoms with E-state index in [-0.39, 0.29) is 0 Å². The molecule has 11 rings (SSSR count). The normalized spacial score (nSPS) is 12.1. The summed E-state index contributed by atoms with van der Waals surface area (Å²) in [6.45, 7) is 0. The van der Waals surface area contributed by atoms with Crippen LogP contribution in [0.2, 0.25) is 0 Å². The van der Waals surface area contributed by atoms with Gasteiger partial charge in [-0.25, -0.2) is 0 Å². The molecule has 1 heteroatoms. The molecule has 0 radical (unpaired) electrons. The highest BCUT2D eigenvalue weighted by Gasteiger charge is 2.19. The molecule has 0 aliphatic rings. The number of aromatic nitrogens is 1. The molecule has 1 N–H and O–H groups in total. The quantitative estimate of drug-likeness (QED) is 0.146. The van der Waals surface area contributed by atoms with Crippen molar-refractivity contribution in [3.63, 3.8) is 0 Å². The lowest BCUT2D eigenvalue weighted by molar-refractivity contribution is 1.56. The van der Waals surface area contributed by atoms with Crippen molar-refractivity contribution in [3.05, 3.63) is 170 Å². The van der Waals surface area contributed by atoms with E-state index in [1.807, 2.05) is 0 Å². The second-order valence-electron chi connectivity index (χ2n) is 13.3. The van der Waals surface area contributed by atoms with E-state index in [2.05, 4.69) is 175 Å². The van der Waals surface area contributed by atoms with E-state index < -0.39 is 0 Å². The van der Waals surface area contributed by atoms with E-state index in [0.29, 0.717) is 0 Å². The summed E-state index contributed by atoms with van der Waals surface area (Å²) in [7, 11) is 0. The first-order valence-corrected chi connectivity index (χ1v) is 17.0. The van der Waals surface area contributed by atoms with Crippen molar-refractivity contribution in [1.82, 2.24) is 4.98 Å². The third-order valence-corrected chi connectivity index (χ3v) is 10.7. The molecule has 1 heterocycles. The van der Waals surface area contributed by atoms with Gasteiger partial charge in [0.2, 0.25) is 0 Å². The molecule has 0 unspecified atom stereocenters. The fourth-order valence-electron chi connectivity index (χ4n) is 8.61.